The zero-order valence-electron chi connectivity index (χ0n) is 16.6. The minimum atomic E-state index is 0.105. The van der Waals surface area contributed by atoms with E-state index >= 15 is 0 Å². The van der Waals surface area contributed by atoms with E-state index in [0.717, 1.165) is 44.6 Å². The van der Waals surface area contributed by atoms with Crippen LogP contribution in [0.5, 0.6) is 0 Å². The molecular weight excluding hydrogens is 338 g/mol. The van der Waals surface area contributed by atoms with Gasteiger partial charge in [-0.2, -0.15) is 0 Å². The number of carbonyl (C=O) groups is 2. The monoisotopic (exact) mass is 369 g/mol. The van der Waals surface area contributed by atoms with Crippen molar-refractivity contribution in [1.29, 1.82) is 0 Å². The van der Waals surface area contributed by atoms with E-state index in [1.807, 2.05) is 37.1 Å². The maximum atomic E-state index is 12.5. The van der Waals surface area contributed by atoms with Gasteiger partial charge in [-0.1, -0.05) is 42.5 Å². The number of carbonyl (C=O) groups excluding carboxylic acids is 2. The van der Waals surface area contributed by atoms with Gasteiger partial charge >= 0.3 is 0 Å². The summed E-state index contributed by atoms with van der Waals surface area (Å²) in [6.45, 7) is 6.58. The Morgan fingerprint density at radius 2 is 1.93 bits per heavy atom. The summed E-state index contributed by atoms with van der Waals surface area (Å²) in [6.07, 6.45) is 6.82. The fraction of sp³-hybridized carbons (Fsp3) is 0.545. The number of rotatable bonds is 6. The van der Waals surface area contributed by atoms with Crippen LogP contribution < -0.4 is 0 Å². The smallest absolute Gasteiger partial charge is 0.236 e. The lowest BCUT2D eigenvalue weighted by molar-refractivity contribution is -0.131. The first-order chi connectivity index (χ1) is 13.0. The molecule has 1 aromatic rings. The molecule has 2 saturated heterocycles. The molecule has 2 aliphatic rings. The Labute approximate surface area is 162 Å². The van der Waals surface area contributed by atoms with Crippen LogP contribution in [0.2, 0.25) is 0 Å². The molecule has 2 amide bonds. The fourth-order valence-corrected chi connectivity index (χ4v) is 4.04. The summed E-state index contributed by atoms with van der Waals surface area (Å²) in [7, 11) is 1.85. The van der Waals surface area contributed by atoms with Gasteiger partial charge in [0.1, 0.15) is 0 Å². The molecular formula is C22H31N3O2. The second-order valence-electron chi connectivity index (χ2n) is 7.95. The molecule has 2 heterocycles. The summed E-state index contributed by atoms with van der Waals surface area (Å²) in [6, 6.07) is 10.2. The summed E-state index contributed by atoms with van der Waals surface area (Å²) < 4.78 is 0. The van der Waals surface area contributed by atoms with Gasteiger partial charge in [0, 0.05) is 33.1 Å². The molecule has 5 nitrogen and oxygen atoms in total. The van der Waals surface area contributed by atoms with Gasteiger partial charge in [-0.25, -0.2) is 0 Å². The Kier molecular flexibility index (Phi) is 6.32. The molecule has 146 valence electrons. The van der Waals surface area contributed by atoms with Crippen LogP contribution in [0.4, 0.5) is 0 Å². The Balaban J connectivity index is 1.49. The van der Waals surface area contributed by atoms with E-state index < -0.39 is 0 Å². The van der Waals surface area contributed by atoms with E-state index in [0.29, 0.717) is 19.5 Å². The molecule has 0 N–H and O–H groups in total. The molecule has 0 unspecified atom stereocenters. The van der Waals surface area contributed by atoms with Crippen LogP contribution >= 0.6 is 0 Å². The minimum Gasteiger partial charge on any atom is -0.345 e. The topological polar surface area (TPSA) is 43.9 Å². The number of benzene rings is 1. The van der Waals surface area contributed by atoms with Crippen molar-refractivity contribution in [3.8, 4) is 0 Å². The molecule has 2 fully saturated rings. The number of likely N-dealkylation sites (N-methyl/N-ethyl adjacent to an activating group) is 1. The predicted molar refractivity (Wildman–Crippen MR) is 108 cm³/mol. The maximum Gasteiger partial charge on any atom is 0.236 e. The highest BCUT2D eigenvalue weighted by Gasteiger charge is 2.44. The molecule has 0 aliphatic carbocycles. The molecule has 0 radical (unpaired) electrons. The zero-order chi connectivity index (χ0) is 19.3. The van der Waals surface area contributed by atoms with Crippen molar-refractivity contribution in [2.75, 3.05) is 46.3 Å². The number of hydrogen-bond donors (Lipinski definition) is 0. The van der Waals surface area contributed by atoms with Crippen molar-refractivity contribution in [3.05, 3.63) is 42.0 Å². The van der Waals surface area contributed by atoms with Crippen LogP contribution in [0, 0.1) is 5.41 Å². The SMILES string of the molecule is CCN(C)C(=O)CN1CCC2(CC1)CC(=O)N(C/C=C/c1ccccc1)C2. The molecule has 0 saturated carbocycles. The van der Waals surface area contributed by atoms with E-state index in [2.05, 4.69) is 29.2 Å². The number of likely N-dealkylation sites (tertiary alicyclic amines) is 2. The van der Waals surface area contributed by atoms with Crippen molar-refractivity contribution in [2.45, 2.75) is 26.2 Å². The zero-order valence-corrected chi connectivity index (χ0v) is 16.6. The third kappa shape index (κ3) is 4.98. The van der Waals surface area contributed by atoms with Crippen molar-refractivity contribution in [2.24, 2.45) is 5.41 Å². The third-order valence-corrected chi connectivity index (χ3v) is 6.02. The first-order valence-corrected chi connectivity index (χ1v) is 9.97. The summed E-state index contributed by atoms with van der Waals surface area (Å²) in [5.41, 5.74) is 1.27. The summed E-state index contributed by atoms with van der Waals surface area (Å²) in [5.74, 6) is 0.451. The largest absolute Gasteiger partial charge is 0.345 e. The lowest BCUT2D eigenvalue weighted by atomic mass is 9.77. The van der Waals surface area contributed by atoms with E-state index in [9.17, 15) is 9.59 Å². The quantitative estimate of drug-likeness (QED) is 0.774. The van der Waals surface area contributed by atoms with Gasteiger partial charge in [-0.05, 0) is 43.8 Å². The Hall–Kier alpha value is -2.14. The van der Waals surface area contributed by atoms with E-state index in [4.69, 9.17) is 0 Å². The van der Waals surface area contributed by atoms with Crippen molar-refractivity contribution in [3.63, 3.8) is 0 Å². The van der Waals surface area contributed by atoms with Crippen LogP contribution in [0.3, 0.4) is 0 Å². The average Bonchev–Trinajstić information content (AvgIpc) is 2.99. The minimum absolute atomic E-state index is 0.105. The molecule has 5 heteroatoms. The highest BCUT2D eigenvalue weighted by atomic mass is 16.2. The first-order valence-electron chi connectivity index (χ1n) is 9.97. The third-order valence-electron chi connectivity index (χ3n) is 6.02. The number of piperidine rings is 1. The molecule has 2 aliphatic heterocycles. The number of amides is 2. The second-order valence-corrected chi connectivity index (χ2v) is 7.95. The van der Waals surface area contributed by atoms with Crippen LogP contribution in [0.25, 0.3) is 6.08 Å². The Morgan fingerprint density at radius 3 is 2.59 bits per heavy atom. The average molecular weight is 370 g/mol. The molecule has 1 spiro atoms. The fourth-order valence-electron chi connectivity index (χ4n) is 4.04. The van der Waals surface area contributed by atoms with E-state index in [1.54, 1.807) is 4.90 Å². The van der Waals surface area contributed by atoms with Crippen molar-refractivity contribution < 1.29 is 9.59 Å². The van der Waals surface area contributed by atoms with Crippen LogP contribution in [0.15, 0.2) is 36.4 Å². The van der Waals surface area contributed by atoms with Crippen LogP contribution in [-0.2, 0) is 9.59 Å². The normalized spacial score (nSPS) is 19.9. The summed E-state index contributed by atoms with van der Waals surface area (Å²) in [5, 5.41) is 0. The molecule has 0 atom stereocenters. The highest BCUT2D eigenvalue weighted by molar-refractivity contribution is 5.80. The second kappa shape index (κ2) is 8.70. The molecule has 0 bridgehead atoms. The van der Waals surface area contributed by atoms with E-state index in [-0.39, 0.29) is 17.2 Å². The van der Waals surface area contributed by atoms with Crippen molar-refractivity contribution in [1.82, 2.24) is 14.7 Å². The van der Waals surface area contributed by atoms with Gasteiger partial charge in [-0.3, -0.25) is 14.5 Å². The Bertz CT molecular complexity index is 678. The lowest BCUT2D eigenvalue weighted by Gasteiger charge is -2.38. The summed E-state index contributed by atoms with van der Waals surface area (Å²) >= 11 is 0. The highest BCUT2D eigenvalue weighted by Crippen LogP contribution is 2.40. The van der Waals surface area contributed by atoms with Crippen LogP contribution in [0.1, 0.15) is 31.7 Å². The standard InChI is InChI=1S/C22H31N3O2/c1-3-23(2)21(27)17-24-14-11-22(12-15-24)16-20(26)25(18-22)13-7-10-19-8-5-4-6-9-19/h4-10H,3,11-18H2,1-2H3/b10-7+. The predicted octanol–water partition coefficient (Wildman–Crippen LogP) is 2.49. The van der Waals surface area contributed by atoms with E-state index in [1.165, 1.54) is 0 Å². The van der Waals surface area contributed by atoms with Gasteiger partial charge < -0.3 is 9.80 Å². The number of nitrogens with zero attached hydrogens (tertiary/aromatic N) is 3. The molecule has 0 aromatic heterocycles. The van der Waals surface area contributed by atoms with Gasteiger partial charge in [0.15, 0.2) is 0 Å². The molecule has 27 heavy (non-hydrogen) atoms. The summed E-state index contributed by atoms with van der Waals surface area (Å²) in [4.78, 5) is 30.6. The van der Waals surface area contributed by atoms with Gasteiger partial charge in [0.05, 0.1) is 6.54 Å². The lowest BCUT2D eigenvalue weighted by Crippen LogP contribution is -2.45. The van der Waals surface area contributed by atoms with Crippen molar-refractivity contribution >= 4 is 17.9 Å². The molecule has 3 rings (SSSR count). The van der Waals surface area contributed by atoms with Crippen LogP contribution in [-0.4, -0.2) is 72.8 Å². The molecule has 1 aromatic carbocycles. The maximum absolute atomic E-state index is 12.5. The first kappa shape index (κ1) is 19.6. The van der Waals surface area contributed by atoms with Gasteiger partial charge in [0.25, 0.3) is 0 Å². The Morgan fingerprint density at radius 1 is 1.22 bits per heavy atom. The van der Waals surface area contributed by atoms with Gasteiger partial charge in [0.2, 0.25) is 11.8 Å². The number of hydrogen-bond acceptors (Lipinski definition) is 3. The van der Waals surface area contributed by atoms with Gasteiger partial charge in [-0.15, -0.1) is 0 Å².